The van der Waals surface area contributed by atoms with Crippen LogP contribution >= 0.6 is 11.6 Å². The largest absolute Gasteiger partial charge is 0.355 e. The van der Waals surface area contributed by atoms with Gasteiger partial charge in [0.25, 0.3) is 0 Å². The summed E-state index contributed by atoms with van der Waals surface area (Å²) in [5.41, 5.74) is 5.90. The predicted molar refractivity (Wildman–Crippen MR) is 105 cm³/mol. The van der Waals surface area contributed by atoms with Crippen LogP contribution in [-0.4, -0.2) is 0 Å². The molecule has 0 bridgehead atoms. The maximum absolute atomic E-state index is 6.11. The van der Waals surface area contributed by atoms with Crippen LogP contribution in [0, 0.1) is 0 Å². The second-order valence-corrected chi connectivity index (χ2v) is 7.45. The van der Waals surface area contributed by atoms with Gasteiger partial charge in [0, 0.05) is 22.0 Å². The first-order valence-electron chi connectivity index (χ1n) is 8.16. The number of hydrogen-bond donors (Lipinski definition) is 1. The van der Waals surface area contributed by atoms with Gasteiger partial charge in [0.1, 0.15) is 0 Å². The maximum Gasteiger partial charge on any atom is 0.0464 e. The average Bonchev–Trinajstić information content (AvgIpc) is 2.55. The highest BCUT2D eigenvalue weighted by atomic mass is 35.5. The molecule has 0 aromatic heterocycles. The minimum Gasteiger partial charge on any atom is -0.355 e. The Hall–Kier alpha value is -2.25. The van der Waals surface area contributed by atoms with Crippen molar-refractivity contribution in [3.8, 4) is 11.1 Å². The lowest BCUT2D eigenvalue weighted by Crippen LogP contribution is -2.11. The Morgan fingerprint density at radius 2 is 1.54 bits per heavy atom. The van der Waals surface area contributed by atoms with Gasteiger partial charge in [-0.25, -0.2) is 0 Å². The van der Waals surface area contributed by atoms with Gasteiger partial charge in [-0.2, -0.15) is 0 Å². The van der Waals surface area contributed by atoms with Gasteiger partial charge in [0.2, 0.25) is 0 Å². The van der Waals surface area contributed by atoms with Crippen LogP contribution in [-0.2, 0) is 5.41 Å². The summed E-state index contributed by atoms with van der Waals surface area (Å²) in [6.45, 7) is 6.71. The molecule has 24 heavy (non-hydrogen) atoms. The standard InChI is InChI=1S/C22H22ClN/c1-22(2,3)17-12-13-21(24-19-11-7-10-18(23)15-19)20(14-17)16-8-5-4-6-9-16/h4-15,24H,1-3H3. The van der Waals surface area contributed by atoms with Crippen molar-refractivity contribution in [1.29, 1.82) is 0 Å². The van der Waals surface area contributed by atoms with Gasteiger partial charge in [-0.05, 0) is 46.9 Å². The normalized spacial score (nSPS) is 11.3. The van der Waals surface area contributed by atoms with Crippen molar-refractivity contribution in [2.75, 3.05) is 5.32 Å². The van der Waals surface area contributed by atoms with E-state index in [2.05, 4.69) is 68.6 Å². The van der Waals surface area contributed by atoms with Gasteiger partial charge < -0.3 is 5.32 Å². The Bertz CT molecular complexity index is 832. The Kier molecular flexibility index (Phi) is 4.64. The molecule has 3 aromatic rings. The quantitative estimate of drug-likeness (QED) is 0.540. The highest BCUT2D eigenvalue weighted by Crippen LogP contribution is 2.35. The molecule has 3 aromatic carbocycles. The van der Waals surface area contributed by atoms with E-state index in [1.807, 2.05) is 30.3 Å². The zero-order valence-corrected chi connectivity index (χ0v) is 15.1. The highest BCUT2D eigenvalue weighted by Gasteiger charge is 2.16. The number of anilines is 2. The monoisotopic (exact) mass is 335 g/mol. The van der Waals surface area contributed by atoms with E-state index in [0.29, 0.717) is 0 Å². The molecule has 0 atom stereocenters. The molecule has 0 fully saturated rings. The molecule has 122 valence electrons. The van der Waals surface area contributed by atoms with Crippen molar-refractivity contribution in [2.24, 2.45) is 0 Å². The Morgan fingerprint density at radius 1 is 0.792 bits per heavy atom. The molecule has 0 amide bonds. The van der Waals surface area contributed by atoms with Crippen molar-refractivity contribution in [3.05, 3.63) is 83.4 Å². The number of hydrogen-bond acceptors (Lipinski definition) is 1. The molecule has 0 saturated heterocycles. The van der Waals surface area contributed by atoms with Crippen molar-refractivity contribution < 1.29 is 0 Å². The van der Waals surface area contributed by atoms with E-state index in [9.17, 15) is 0 Å². The first kappa shape index (κ1) is 16.6. The van der Waals surface area contributed by atoms with Crippen molar-refractivity contribution >= 4 is 23.0 Å². The minimum atomic E-state index is 0.109. The van der Waals surface area contributed by atoms with Crippen LogP contribution in [0.4, 0.5) is 11.4 Å². The molecule has 0 aliphatic heterocycles. The molecule has 0 unspecified atom stereocenters. The molecule has 0 saturated carbocycles. The van der Waals surface area contributed by atoms with E-state index in [1.54, 1.807) is 0 Å². The molecular formula is C22H22ClN. The molecular weight excluding hydrogens is 314 g/mol. The smallest absolute Gasteiger partial charge is 0.0464 e. The number of benzene rings is 3. The highest BCUT2D eigenvalue weighted by molar-refractivity contribution is 6.30. The summed E-state index contributed by atoms with van der Waals surface area (Å²) in [7, 11) is 0. The molecule has 0 aliphatic carbocycles. The van der Waals surface area contributed by atoms with Gasteiger partial charge in [0.15, 0.2) is 0 Å². The van der Waals surface area contributed by atoms with Gasteiger partial charge in [-0.1, -0.05) is 74.8 Å². The Balaban J connectivity index is 2.08. The Morgan fingerprint density at radius 3 is 2.21 bits per heavy atom. The van der Waals surface area contributed by atoms with Crippen molar-refractivity contribution in [1.82, 2.24) is 0 Å². The third-order valence-electron chi connectivity index (χ3n) is 4.07. The fourth-order valence-electron chi connectivity index (χ4n) is 2.70. The van der Waals surface area contributed by atoms with E-state index in [-0.39, 0.29) is 5.41 Å². The van der Waals surface area contributed by atoms with Crippen LogP contribution < -0.4 is 5.32 Å². The van der Waals surface area contributed by atoms with Crippen LogP contribution in [0.25, 0.3) is 11.1 Å². The molecule has 0 heterocycles. The predicted octanol–water partition coefficient (Wildman–Crippen LogP) is 7.05. The lowest BCUT2D eigenvalue weighted by molar-refractivity contribution is 0.590. The van der Waals surface area contributed by atoms with Gasteiger partial charge in [-0.15, -0.1) is 0 Å². The molecule has 0 radical (unpaired) electrons. The van der Waals surface area contributed by atoms with Crippen LogP contribution in [0.1, 0.15) is 26.3 Å². The first-order valence-corrected chi connectivity index (χ1v) is 8.54. The van der Waals surface area contributed by atoms with Crippen LogP contribution in [0.15, 0.2) is 72.8 Å². The summed E-state index contributed by atoms with van der Waals surface area (Å²) >= 11 is 6.11. The zero-order valence-electron chi connectivity index (χ0n) is 14.3. The van der Waals surface area contributed by atoms with Crippen LogP contribution in [0.2, 0.25) is 5.02 Å². The first-order chi connectivity index (χ1) is 11.4. The zero-order chi connectivity index (χ0) is 17.2. The molecule has 1 nitrogen and oxygen atoms in total. The number of nitrogens with one attached hydrogen (secondary N) is 1. The second-order valence-electron chi connectivity index (χ2n) is 7.01. The third-order valence-corrected chi connectivity index (χ3v) is 4.31. The van der Waals surface area contributed by atoms with Crippen molar-refractivity contribution in [2.45, 2.75) is 26.2 Å². The summed E-state index contributed by atoms with van der Waals surface area (Å²) < 4.78 is 0. The molecule has 3 rings (SSSR count). The van der Waals surface area contributed by atoms with Crippen LogP contribution in [0.3, 0.4) is 0 Å². The van der Waals surface area contributed by atoms with Crippen LogP contribution in [0.5, 0.6) is 0 Å². The van der Waals surface area contributed by atoms with Gasteiger partial charge in [0.05, 0.1) is 0 Å². The number of halogens is 1. The average molecular weight is 336 g/mol. The summed E-state index contributed by atoms with van der Waals surface area (Å²) in [4.78, 5) is 0. The third kappa shape index (κ3) is 3.80. The lowest BCUT2D eigenvalue weighted by Gasteiger charge is -2.22. The maximum atomic E-state index is 6.11. The van der Waals surface area contributed by atoms with E-state index >= 15 is 0 Å². The summed E-state index contributed by atoms with van der Waals surface area (Å²) in [6.07, 6.45) is 0. The van der Waals surface area contributed by atoms with Gasteiger partial charge in [-0.3, -0.25) is 0 Å². The lowest BCUT2D eigenvalue weighted by atomic mass is 9.85. The van der Waals surface area contributed by atoms with Gasteiger partial charge >= 0.3 is 0 Å². The fraction of sp³-hybridized carbons (Fsp3) is 0.182. The summed E-state index contributed by atoms with van der Waals surface area (Å²) in [5, 5.41) is 4.24. The summed E-state index contributed by atoms with van der Waals surface area (Å²) in [5.74, 6) is 0. The van der Waals surface area contributed by atoms with E-state index in [0.717, 1.165) is 16.4 Å². The minimum absolute atomic E-state index is 0.109. The molecule has 1 N–H and O–H groups in total. The topological polar surface area (TPSA) is 12.0 Å². The molecule has 0 spiro atoms. The summed E-state index contributed by atoms with van der Waals surface area (Å²) in [6, 6.07) is 24.9. The fourth-order valence-corrected chi connectivity index (χ4v) is 2.89. The second kappa shape index (κ2) is 6.70. The molecule has 0 aliphatic rings. The van der Waals surface area contributed by atoms with Crippen molar-refractivity contribution in [3.63, 3.8) is 0 Å². The van der Waals surface area contributed by atoms with E-state index in [4.69, 9.17) is 11.6 Å². The molecule has 2 heteroatoms. The SMILES string of the molecule is CC(C)(C)c1ccc(Nc2cccc(Cl)c2)c(-c2ccccc2)c1. The number of rotatable bonds is 3. The van der Waals surface area contributed by atoms with E-state index < -0.39 is 0 Å². The van der Waals surface area contributed by atoms with E-state index in [1.165, 1.54) is 16.7 Å². The Labute approximate surface area is 149 Å².